The molecular formula is C21H20N8O4. The molecule has 0 fully saturated rings. The molecule has 0 saturated carbocycles. The summed E-state index contributed by atoms with van der Waals surface area (Å²) in [4.78, 5) is 13.0. The van der Waals surface area contributed by atoms with E-state index < -0.39 is 5.91 Å². The number of hydrazone groups is 1. The number of amides is 1. The average Bonchev–Trinajstić information content (AvgIpc) is 3.45. The maximum atomic E-state index is 13.0. The number of anilines is 1. The minimum Gasteiger partial charge on any atom is -0.496 e. The van der Waals surface area contributed by atoms with Crippen LogP contribution in [0.3, 0.4) is 0 Å². The number of rotatable bonds is 8. The molecule has 0 unspecified atom stereocenters. The Morgan fingerprint density at radius 2 is 2.09 bits per heavy atom. The molecule has 3 N–H and O–H groups in total. The lowest BCUT2D eigenvalue weighted by atomic mass is 10.1. The molecule has 0 aliphatic heterocycles. The van der Waals surface area contributed by atoms with Gasteiger partial charge in [0, 0.05) is 11.1 Å². The Balaban J connectivity index is 1.70. The molecule has 0 aliphatic rings. The number of ether oxygens (including phenoxy) is 2. The van der Waals surface area contributed by atoms with Crippen LogP contribution >= 0.6 is 0 Å². The van der Waals surface area contributed by atoms with Crippen molar-refractivity contribution >= 4 is 17.9 Å². The third kappa shape index (κ3) is 4.49. The van der Waals surface area contributed by atoms with Crippen LogP contribution in [0.25, 0.3) is 17.1 Å². The van der Waals surface area contributed by atoms with Crippen molar-refractivity contribution in [2.45, 2.75) is 6.92 Å². The largest absolute Gasteiger partial charge is 0.496 e. The number of para-hydroxylation sites is 1. The minimum atomic E-state index is -0.598. The van der Waals surface area contributed by atoms with Gasteiger partial charge in [0.25, 0.3) is 5.91 Å². The second-order valence-electron chi connectivity index (χ2n) is 6.57. The first-order chi connectivity index (χ1) is 16.1. The second-order valence-corrected chi connectivity index (χ2v) is 6.57. The van der Waals surface area contributed by atoms with Crippen LogP contribution in [0.5, 0.6) is 11.5 Å². The Bertz CT molecular complexity index is 1300. The van der Waals surface area contributed by atoms with Crippen LogP contribution in [0.1, 0.15) is 23.0 Å². The van der Waals surface area contributed by atoms with Crippen LogP contribution in [0.4, 0.5) is 5.82 Å². The smallest absolute Gasteiger partial charge is 0.294 e. The molecule has 12 nitrogen and oxygen atoms in total. The monoisotopic (exact) mass is 448 g/mol. The topological polar surface area (TPSA) is 156 Å². The maximum absolute atomic E-state index is 13.0. The highest BCUT2D eigenvalue weighted by Crippen LogP contribution is 2.29. The van der Waals surface area contributed by atoms with Gasteiger partial charge in [-0.1, -0.05) is 29.5 Å². The van der Waals surface area contributed by atoms with Crippen molar-refractivity contribution in [3.05, 3.63) is 59.8 Å². The van der Waals surface area contributed by atoms with Crippen LogP contribution in [-0.4, -0.2) is 51.1 Å². The average molecular weight is 448 g/mol. The third-order valence-corrected chi connectivity index (χ3v) is 4.51. The van der Waals surface area contributed by atoms with Crippen molar-refractivity contribution in [1.82, 2.24) is 30.7 Å². The van der Waals surface area contributed by atoms with Gasteiger partial charge in [-0.15, -0.1) is 5.10 Å². The van der Waals surface area contributed by atoms with E-state index in [2.05, 4.69) is 35.8 Å². The summed E-state index contributed by atoms with van der Waals surface area (Å²) in [6, 6.07) is 14.4. The standard InChI is InChI=1S/C21H20N8O4/c1-3-32-15-9-6-8-13(11-15)18-17(24-28-29(18)20-19(22)26-33-27-20)21(30)25-23-12-14-7-4-5-10-16(14)31-2/h4-12H,3H2,1-2H3,(H2,22,26)(H,25,30). The molecule has 1 amide bonds. The van der Waals surface area contributed by atoms with Crippen LogP contribution in [0.2, 0.25) is 0 Å². The summed E-state index contributed by atoms with van der Waals surface area (Å²) in [6.45, 7) is 2.35. The number of nitrogens with one attached hydrogen (secondary N) is 1. The van der Waals surface area contributed by atoms with Gasteiger partial charge in [0.05, 0.1) is 19.9 Å². The van der Waals surface area contributed by atoms with E-state index in [4.69, 9.17) is 15.2 Å². The minimum absolute atomic E-state index is 0.0109. The summed E-state index contributed by atoms with van der Waals surface area (Å²) in [6.07, 6.45) is 1.47. The van der Waals surface area contributed by atoms with Crippen LogP contribution < -0.4 is 20.6 Å². The third-order valence-electron chi connectivity index (χ3n) is 4.51. The Kier molecular flexibility index (Phi) is 6.25. The molecule has 0 atom stereocenters. The summed E-state index contributed by atoms with van der Waals surface area (Å²) in [7, 11) is 1.55. The first-order valence-corrected chi connectivity index (χ1v) is 9.86. The van der Waals surface area contributed by atoms with E-state index in [1.165, 1.54) is 10.9 Å². The first-order valence-electron chi connectivity index (χ1n) is 9.86. The van der Waals surface area contributed by atoms with Crippen LogP contribution in [0.15, 0.2) is 58.3 Å². The van der Waals surface area contributed by atoms with Crippen LogP contribution in [-0.2, 0) is 0 Å². The number of nitrogens with two attached hydrogens (primary N) is 1. The highest BCUT2D eigenvalue weighted by Gasteiger charge is 2.25. The second kappa shape index (κ2) is 9.60. The lowest BCUT2D eigenvalue weighted by Gasteiger charge is -2.08. The number of carbonyl (C=O) groups is 1. The normalized spacial score (nSPS) is 11.0. The molecule has 2 aromatic carbocycles. The molecule has 2 aromatic heterocycles. The van der Waals surface area contributed by atoms with Gasteiger partial charge < -0.3 is 15.2 Å². The van der Waals surface area contributed by atoms with Crippen molar-refractivity contribution in [3.63, 3.8) is 0 Å². The van der Waals surface area contributed by atoms with Crippen molar-refractivity contribution in [2.24, 2.45) is 5.10 Å². The molecule has 0 saturated heterocycles. The quantitative estimate of drug-likeness (QED) is 0.304. The summed E-state index contributed by atoms with van der Waals surface area (Å²) in [5.41, 5.74) is 9.88. The summed E-state index contributed by atoms with van der Waals surface area (Å²) in [5, 5.41) is 19.4. The van der Waals surface area contributed by atoms with Gasteiger partial charge in [0.15, 0.2) is 5.69 Å². The summed E-state index contributed by atoms with van der Waals surface area (Å²) >= 11 is 0. The fraction of sp³-hybridized carbons (Fsp3) is 0.143. The lowest BCUT2D eigenvalue weighted by molar-refractivity contribution is 0.0950. The molecule has 2 heterocycles. The number of hydrogen-bond donors (Lipinski definition) is 2. The molecule has 4 rings (SSSR count). The van der Waals surface area contributed by atoms with Crippen LogP contribution in [0, 0.1) is 0 Å². The molecule has 0 radical (unpaired) electrons. The summed E-state index contributed by atoms with van der Waals surface area (Å²) in [5.74, 6) is 0.705. The lowest BCUT2D eigenvalue weighted by Crippen LogP contribution is -2.19. The van der Waals surface area contributed by atoms with Gasteiger partial charge in [-0.05, 0) is 41.5 Å². The van der Waals surface area contributed by atoms with Gasteiger partial charge in [-0.25, -0.2) is 10.1 Å². The van der Waals surface area contributed by atoms with E-state index in [1.54, 1.807) is 43.5 Å². The van der Waals surface area contributed by atoms with E-state index in [9.17, 15) is 4.79 Å². The predicted molar refractivity (Wildman–Crippen MR) is 118 cm³/mol. The summed E-state index contributed by atoms with van der Waals surface area (Å²) < 4.78 is 16.8. The molecule has 168 valence electrons. The number of benzene rings is 2. The van der Waals surface area contributed by atoms with Gasteiger partial charge >= 0.3 is 0 Å². The van der Waals surface area contributed by atoms with E-state index in [-0.39, 0.29) is 17.3 Å². The van der Waals surface area contributed by atoms with Crippen molar-refractivity contribution in [2.75, 3.05) is 19.5 Å². The van der Waals surface area contributed by atoms with E-state index in [0.29, 0.717) is 34.9 Å². The highest BCUT2D eigenvalue weighted by molar-refractivity contribution is 5.99. The van der Waals surface area contributed by atoms with Gasteiger partial charge in [0.2, 0.25) is 11.6 Å². The Morgan fingerprint density at radius 1 is 1.24 bits per heavy atom. The number of nitrogen functional groups attached to an aromatic ring is 1. The zero-order valence-electron chi connectivity index (χ0n) is 17.8. The fourth-order valence-corrected chi connectivity index (χ4v) is 3.07. The molecule has 12 heteroatoms. The molecular weight excluding hydrogens is 428 g/mol. The zero-order valence-corrected chi connectivity index (χ0v) is 17.8. The number of nitrogens with zero attached hydrogens (tertiary/aromatic N) is 6. The molecule has 0 spiro atoms. The molecule has 0 bridgehead atoms. The zero-order chi connectivity index (χ0) is 23.2. The number of methoxy groups -OCH3 is 1. The number of carbonyl (C=O) groups excluding carboxylic acids is 1. The molecule has 0 aliphatic carbocycles. The predicted octanol–water partition coefficient (Wildman–Crippen LogP) is 2.07. The van der Waals surface area contributed by atoms with Gasteiger partial charge in [-0.2, -0.15) is 9.78 Å². The Hall–Kier alpha value is -4.74. The van der Waals surface area contributed by atoms with E-state index >= 15 is 0 Å². The van der Waals surface area contributed by atoms with E-state index in [1.807, 2.05) is 19.1 Å². The Morgan fingerprint density at radius 3 is 2.85 bits per heavy atom. The van der Waals surface area contributed by atoms with Crippen molar-refractivity contribution < 1.29 is 18.9 Å². The van der Waals surface area contributed by atoms with Crippen molar-refractivity contribution in [3.8, 4) is 28.6 Å². The Labute approximate surface area is 188 Å². The number of aromatic nitrogens is 5. The van der Waals surface area contributed by atoms with E-state index in [0.717, 1.165) is 0 Å². The maximum Gasteiger partial charge on any atom is 0.294 e. The molecule has 4 aromatic rings. The first kappa shape index (κ1) is 21.5. The van der Waals surface area contributed by atoms with Crippen molar-refractivity contribution in [1.29, 1.82) is 0 Å². The number of hydrogen-bond acceptors (Lipinski definition) is 10. The fourth-order valence-electron chi connectivity index (χ4n) is 3.07. The molecule has 33 heavy (non-hydrogen) atoms. The SMILES string of the molecule is CCOc1cccc(-c2c(C(=O)NN=Cc3ccccc3OC)nnn2-c2nonc2N)c1. The van der Waals surface area contributed by atoms with Gasteiger partial charge in [0.1, 0.15) is 17.2 Å². The highest BCUT2D eigenvalue weighted by atomic mass is 16.6. The van der Waals surface area contributed by atoms with Gasteiger partial charge in [-0.3, -0.25) is 4.79 Å².